The minimum Gasteiger partial charge on any atom is -0.465 e. The molecule has 0 saturated heterocycles. The topological polar surface area (TPSA) is 107 Å². The molecule has 1 aliphatic carbocycles. The van der Waals surface area contributed by atoms with Crippen molar-refractivity contribution in [2.45, 2.75) is 45.6 Å². The summed E-state index contributed by atoms with van der Waals surface area (Å²) in [6.07, 6.45) is 12.8. The third-order valence-electron chi connectivity index (χ3n) is 4.94. The first-order valence-electron chi connectivity index (χ1n) is 9.96. The molecular formula is C20H27ClN6O2. The highest BCUT2D eigenvalue weighted by atomic mass is 35.5. The summed E-state index contributed by atoms with van der Waals surface area (Å²) in [5, 5.41) is 4.49. The van der Waals surface area contributed by atoms with Crippen LogP contribution in [0.2, 0.25) is 5.02 Å². The average Bonchev–Trinajstić information content (AvgIpc) is 3.03. The summed E-state index contributed by atoms with van der Waals surface area (Å²) in [4.78, 5) is 24.3. The molecule has 1 fully saturated rings. The number of aromatic nitrogens is 3. The number of carbonyl (C=O) groups excluding carboxylic acids is 1. The molecule has 0 spiro atoms. The summed E-state index contributed by atoms with van der Waals surface area (Å²) in [7, 11) is 0. The van der Waals surface area contributed by atoms with Gasteiger partial charge >= 0.3 is 5.97 Å². The molecule has 0 aromatic carbocycles. The summed E-state index contributed by atoms with van der Waals surface area (Å²) in [5.74, 6) is 0.640. The van der Waals surface area contributed by atoms with Gasteiger partial charge in [0.25, 0.3) is 0 Å². The molecule has 1 aliphatic rings. The van der Waals surface area contributed by atoms with Gasteiger partial charge in [-0.25, -0.2) is 4.98 Å². The number of nitrogens with two attached hydrogens (primary N) is 1. The van der Waals surface area contributed by atoms with Crippen LogP contribution in [0.4, 0.5) is 5.95 Å². The number of ether oxygens (including phenoxy) is 1. The van der Waals surface area contributed by atoms with Gasteiger partial charge < -0.3 is 20.4 Å². The fourth-order valence-electron chi connectivity index (χ4n) is 3.55. The Labute approximate surface area is 175 Å². The maximum Gasteiger partial charge on any atom is 0.327 e. The zero-order valence-corrected chi connectivity index (χ0v) is 17.4. The first kappa shape index (κ1) is 21.1. The largest absolute Gasteiger partial charge is 0.465 e. The van der Waals surface area contributed by atoms with Crippen LogP contribution in [0, 0.1) is 5.92 Å². The van der Waals surface area contributed by atoms with Gasteiger partial charge in [-0.05, 0) is 25.7 Å². The fourth-order valence-corrected chi connectivity index (χ4v) is 3.80. The second kappa shape index (κ2) is 10.2. The van der Waals surface area contributed by atoms with Crippen molar-refractivity contribution in [3.63, 3.8) is 0 Å². The Morgan fingerprint density at radius 3 is 2.97 bits per heavy atom. The number of hydrogen-bond donors (Lipinski definition) is 2. The molecule has 8 nitrogen and oxygen atoms in total. The lowest BCUT2D eigenvalue weighted by Gasteiger charge is -2.22. The number of carbonyl (C=O) groups is 1. The van der Waals surface area contributed by atoms with E-state index in [1.807, 2.05) is 6.20 Å². The van der Waals surface area contributed by atoms with Gasteiger partial charge in [-0.15, -0.1) is 0 Å². The Kier molecular flexibility index (Phi) is 7.46. The Hall–Kier alpha value is -2.61. The smallest absolute Gasteiger partial charge is 0.327 e. The lowest BCUT2D eigenvalue weighted by molar-refractivity contribution is -0.141. The second-order valence-electron chi connectivity index (χ2n) is 7.09. The number of anilines is 1. The van der Waals surface area contributed by atoms with Crippen molar-refractivity contribution in [1.82, 2.24) is 14.5 Å². The third-order valence-corrected chi connectivity index (χ3v) is 5.24. The van der Waals surface area contributed by atoms with Gasteiger partial charge in [0.1, 0.15) is 12.2 Å². The average molecular weight is 419 g/mol. The molecule has 0 bridgehead atoms. The SMILES string of the molecule is CCOC(=O)CN=CC(=CN)Nc1ncc2c(Cl)cn(CC3CCCCC3)c2n1. The van der Waals surface area contributed by atoms with Gasteiger partial charge in [0.15, 0.2) is 0 Å². The molecule has 1 saturated carbocycles. The molecule has 29 heavy (non-hydrogen) atoms. The number of hydrogen-bond acceptors (Lipinski definition) is 7. The van der Waals surface area contributed by atoms with Crippen LogP contribution in [-0.4, -0.2) is 39.9 Å². The van der Waals surface area contributed by atoms with Crippen molar-refractivity contribution in [2.24, 2.45) is 16.6 Å². The van der Waals surface area contributed by atoms with E-state index < -0.39 is 5.97 Å². The summed E-state index contributed by atoms with van der Waals surface area (Å²) in [5.41, 5.74) is 6.92. The summed E-state index contributed by atoms with van der Waals surface area (Å²) in [6.45, 7) is 2.90. The van der Waals surface area contributed by atoms with E-state index in [0.29, 0.717) is 29.2 Å². The number of allylic oxidation sites excluding steroid dienone is 1. The Morgan fingerprint density at radius 2 is 2.24 bits per heavy atom. The first-order valence-corrected chi connectivity index (χ1v) is 10.3. The van der Waals surface area contributed by atoms with Crippen molar-refractivity contribution in [1.29, 1.82) is 0 Å². The van der Waals surface area contributed by atoms with Crippen molar-refractivity contribution < 1.29 is 9.53 Å². The number of fused-ring (bicyclic) bond motifs is 1. The minimum atomic E-state index is -0.395. The minimum absolute atomic E-state index is 0.0768. The van der Waals surface area contributed by atoms with Crippen molar-refractivity contribution in [3.8, 4) is 0 Å². The normalized spacial score (nSPS) is 15.9. The third kappa shape index (κ3) is 5.69. The van der Waals surface area contributed by atoms with Gasteiger partial charge in [-0.3, -0.25) is 9.79 Å². The number of nitrogens with one attached hydrogen (secondary N) is 1. The van der Waals surface area contributed by atoms with E-state index in [1.54, 1.807) is 13.1 Å². The molecule has 9 heteroatoms. The van der Waals surface area contributed by atoms with Crippen molar-refractivity contribution in [3.05, 3.63) is 29.3 Å². The number of esters is 1. The number of rotatable bonds is 8. The van der Waals surface area contributed by atoms with E-state index >= 15 is 0 Å². The van der Waals surface area contributed by atoms with Crippen molar-refractivity contribution in [2.75, 3.05) is 18.5 Å². The van der Waals surface area contributed by atoms with Gasteiger partial charge in [0.2, 0.25) is 5.95 Å². The van der Waals surface area contributed by atoms with Crippen LogP contribution >= 0.6 is 11.6 Å². The first-order chi connectivity index (χ1) is 14.1. The van der Waals surface area contributed by atoms with Gasteiger partial charge in [0.05, 0.1) is 22.7 Å². The van der Waals surface area contributed by atoms with Crippen LogP contribution < -0.4 is 11.1 Å². The molecule has 0 radical (unpaired) electrons. The van der Waals surface area contributed by atoms with Crippen LogP contribution in [-0.2, 0) is 16.1 Å². The molecule has 0 amide bonds. The van der Waals surface area contributed by atoms with Gasteiger partial charge in [-0.2, -0.15) is 4.98 Å². The van der Waals surface area contributed by atoms with Crippen LogP contribution in [0.15, 0.2) is 29.3 Å². The summed E-state index contributed by atoms with van der Waals surface area (Å²) >= 11 is 6.39. The summed E-state index contributed by atoms with van der Waals surface area (Å²) in [6, 6.07) is 0. The second-order valence-corrected chi connectivity index (χ2v) is 7.49. The molecule has 2 aromatic rings. The maximum atomic E-state index is 11.4. The molecule has 0 aliphatic heterocycles. The van der Waals surface area contributed by atoms with Crippen LogP contribution in [0.5, 0.6) is 0 Å². The van der Waals surface area contributed by atoms with Crippen LogP contribution in [0.25, 0.3) is 11.0 Å². The Morgan fingerprint density at radius 1 is 1.45 bits per heavy atom. The molecule has 0 atom stereocenters. The van der Waals surface area contributed by atoms with Crippen LogP contribution in [0.1, 0.15) is 39.0 Å². The fraction of sp³-hybridized carbons (Fsp3) is 0.500. The predicted molar refractivity (Wildman–Crippen MR) is 115 cm³/mol. The monoisotopic (exact) mass is 418 g/mol. The van der Waals surface area contributed by atoms with E-state index in [0.717, 1.165) is 17.6 Å². The molecule has 2 heterocycles. The highest BCUT2D eigenvalue weighted by Crippen LogP contribution is 2.29. The highest BCUT2D eigenvalue weighted by Gasteiger charge is 2.17. The van der Waals surface area contributed by atoms with Gasteiger partial charge in [0, 0.05) is 31.4 Å². The maximum absolute atomic E-state index is 11.4. The number of halogens is 1. The quantitative estimate of drug-likeness (QED) is 0.501. The van der Waals surface area contributed by atoms with E-state index in [4.69, 9.17) is 22.1 Å². The molecule has 2 aromatic heterocycles. The van der Waals surface area contributed by atoms with E-state index in [9.17, 15) is 4.79 Å². The van der Waals surface area contributed by atoms with E-state index in [1.165, 1.54) is 44.5 Å². The molecule has 3 rings (SSSR count). The zero-order valence-electron chi connectivity index (χ0n) is 16.6. The number of nitrogens with zero attached hydrogens (tertiary/aromatic N) is 4. The number of aliphatic imine (C=N–C) groups is 1. The van der Waals surface area contributed by atoms with Crippen molar-refractivity contribution >= 4 is 40.8 Å². The Balaban J connectivity index is 1.73. The highest BCUT2D eigenvalue weighted by molar-refractivity contribution is 6.35. The predicted octanol–water partition coefficient (Wildman–Crippen LogP) is 3.51. The lowest BCUT2D eigenvalue weighted by atomic mass is 9.89. The molecule has 0 unspecified atom stereocenters. The van der Waals surface area contributed by atoms with E-state index in [2.05, 4.69) is 24.8 Å². The van der Waals surface area contributed by atoms with Gasteiger partial charge in [-0.1, -0.05) is 30.9 Å². The Bertz CT molecular complexity index is 902. The standard InChI is InChI=1S/C20H27ClN6O2/c1-2-29-18(28)11-23-9-15(8-22)25-20-24-10-16-17(21)13-27(19(16)26-20)12-14-6-4-3-5-7-14/h8-10,13-14H,2-7,11-12,22H2,1H3,(H,24,25,26). The lowest BCUT2D eigenvalue weighted by Crippen LogP contribution is -2.14. The molecular weight excluding hydrogens is 392 g/mol. The molecule has 3 N–H and O–H groups in total. The van der Waals surface area contributed by atoms with Crippen LogP contribution in [0.3, 0.4) is 0 Å². The summed E-state index contributed by atoms with van der Waals surface area (Å²) < 4.78 is 6.95. The van der Waals surface area contributed by atoms with E-state index in [-0.39, 0.29) is 6.54 Å². The zero-order chi connectivity index (χ0) is 20.6. The molecule has 156 valence electrons.